The fourth-order valence-corrected chi connectivity index (χ4v) is 4.50. The molecule has 1 aromatic heterocycles. The number of nitrogens with one attached hydrogen (secondary N) is 1. The highest BCUT2D eigenvalue weighted by Crippen LogP contribution is 2.26. The molecule has 2 aromatic rings. The van der Waals surface area contributed by atoms with Gasteiger partial charge in [-0.2, -0.15) is 15.1 Å². The quantitative estimate of drug-likeness (QED) is 0.588. The minimum Gasteiger partial charge on any atom is -0.461 e. The Bertz CT molecular complexity index is 1050. The van der Waals surface area contributed by atoms with Gasteiger partial charge in [0.2, 0.25) is 0 Å². The molecule has 1 aromatic carbocycles. The van der Waals surface area contributed by atoms with E-state index in [2.05, 4.69) is 50.5 Å². The van der Waals surface area contributed by atoms with E-state index in [1.807, 2.05) is 19.9 Å². The Labute approximate surface area is 207 Å². The molecule has 5 rings (SSSR count). The summed E-state index contributed by atoms with van der Waals surface area (Å²) in [5.41, 5.74) is 7.97. The molecule has 0 saturated carbocycles. The lowest BCUT2D eigenvalue weighted by molar-refractivity contribution is 0.152. The number of ether oxygens (including phenoxy) is 2. The molecule has 1 aliphatic carbocycles. The first-order chi connectivity index (χ1) is 17.2. The second-order valence-corrected chi connectivity index (χ2v) is 8.72. The number of fused-ring (bicyclic) bond motifs is 1. The first-order valence-corrected chi connectivity index (χ1v) is 12.8. The van der Waals surface area contributed by atoms with Crippen LogP contribution in [0.15, 0.2) is 29.4 Å². The lowest BCUT2D eigenvalue weighted by Crippen LogP contribution is -2.31. The molecule has 1 amide bonds. The number of aromatic nitrogens is 2. The van der Waals surface area contributed by atoms with Crippen molar-refractivity contribution in [2.75, 3.05) is 49.7 Å². The molecule has 2 aliphatic heterocycles. The zero-order valence-corrected chi connectivity index (χ0v) is 21.0. The zero-order valence-electron chi connectivity index (χ0n) is 21.0. The fourth-order valence-electron chi connectivity index (χ4n) is 4.50. The van der Waals surface area contributed by atoms with Crippen LogP contribution in [0.1, 0.15) is 56.2 Å². The van der Waals surface area contributed by atoms with Crippen molar-refractivity contribution in [3.8, 4) is 6.01 Å². The van der Waals surface area contributed by atoms with E-state index in [4.69, 9.17) is 9.47 Å². The summed E-state index contributed by atoms with van der Waals surface area (Å²) in [5, 5.41) is 4.69. The molecule has 0 unspecified atom stereocenters. The van der Waals surface area contributed by atoms with Crippen molar-refractivity contribution in [3.05, 3.63) is 41.0 Å². The number of aryl methyl sites for hydroxylation is 2. The topological polar surface area (TPSA) is 92.2 Å². The van der Waals surface area contributed by atoms with E-state index in [1.54, 1.807) is 4.90 Å². The van der Waals surface area contributed by atoms with Crippen LogP contribution in [0.4, 0.5) is 16.4 Å². The van der Waals surface area contributed by atoms with Gasteiger partial charge in [0.05, 0.1) is 18.8 Å². The molecule has 0 atom stereocenters. The Morgan fingerprint density at radius 3 is 2.69 bits per heavy atom. The molecule has 35 heavy (non-hydrogen) atoms. The number of cyclic esters (lactones) is 1. The Morgan fingerprint density at radius 1 is 1.09 bits per heavy atom. The van der Waals surface area contributed by atoms with Crippen molar-refractivity contribution in [3.63, 3.8) is 0 Å². The minimum atomic E-state index is -0.299. The van der Waals surface area contributed by atoms with Crippen molar-refractivity contribution < 1.29 is 14.3 Å². The van der Waals surface area contributed by atoms with E-state index in [1.165, 1.54) is 23.1 Å². The first kappa shape index (κ1) is 24.8. The molecule has 0 bridgehead atoms. The number of hydrogen-bond acceptors (Lipinski definition) is 8. The van der Waals surface area contributed by atoms with Crippen LogP contribution in [-0.2, 0) is 11.2 Å². The van der Waals surface area contributed by atoms with Crippen LogP contribution in [0.25, 0.3) is 0 Å². The summed E-state index contributed by atoms with van der Waals surface area (Å²) >= 11 is 0. The second-order valence-electron chi connectivity index (χ2n) is 8.72. The maximum Gasteiger partial charge on any atom is 0.410 e. The van der Waals surface area contributed by atoms with Gasteiger partial charge in [-0.1, -0.05) is 31.5 Å². The Kier molecular flexibility index (Phi) is 8.39. The van der Waals surface area contributed by atoms with Gasteiger partial charge in [-0.25, -0.2) is 4.79 Å². The SMILES string of the molecule is CC.Cc1ccc2c(c1)/C(=N/Nc1cc(N3CCCCC3)nc(OCCN3CCOC3=O)n1)CC2. The molecule has 9 nitrogen and oxygen atoms in total. The molecule has 3 heterocycles. The Morgan fingerprint density at radius 2 is 1.91 bits per heavy atom. The van der Waals surface area contributed by atoms with Gasteiger partial charge in [-0.3, -0.25) is 5.43 Å². The average Bonchev–Trinajstić information content (AvgIpc) is 3.49. The fraction of sp³-hybridized carbons (Fsp3) is 0.538. The molecule has 188 valence electrons. The van der Waals surface area contributed by atoms with Crippen molar-refractivity contribution in [1.29, 1.82) is 0 Å². The van der Waals surface area contributed by atoms with Gasteiger partial charge in [-0.05, 0) is 50.7 Å². The standard InChI is InChI=1S/C24H30N6O3.C2H6/c1-17-5-6-18-7-8-20(19(18)15-17)27-28-21-16-22(29-9-3-2-4-10-29)26-23(25-21)32-13-11-30-12-14-33-24(30)31;1-2/h5-6,15-16H,2-4,7-14H2,1H3,(H,25,26,28);1-2H3/b27-20+;. The van der Waals surface area contributed by atoms with E-state index >= 15 is 0 Å². The number of carbonyl (C=O) groups is 1. The lowest BCUT2D eigenvalue weighted by atomic mass is 10.1. The first-order valence-electron chi connectivity index (χ1n) is 12.8. The van der Waals surface area contributed by atoms with Crippen LogP contribution in [0.2, 0.25) is 0 Å². The Balaban J connectivity index is 0.00000141. The van der Waals surface area contributed by atoms with E-state index < -0.39 is 0 Å². The number of hydrogen-bond donors (Lipinski definition) is 1. The highest BCUT2D eigenvalue weighted by Gasteiger charge is 2.22. The molecule has 1 N–H and O–H groups in total. The summed E-state index contributed by atoms with van der Waals surface area (Å²) in [6, 6.07) is 8.76. The monoisotopic (exact) mass is 480 g/mol. The summed E-state index contributed by atoms with van der Waals surface area (Å²) in [4.78, 5) is 24.7. The third-order valence-corrected chi connectivity index (χ3v) is 6.32. The molecular weight excluding hydrogens is 444 g/mol. The number of amides is 1. The third kappa shape index (κ3) is 6.21. The van der Waals surface area contributed by atoms with Gasteiger partial charge in [0.15, 0.2) is 5.82 Å². The summed E-state index contributed by atoms with van der Waals surface area (Å²) in [6.07, 6.45) is 5.16. The van der Waals surface area contributed by atoms with Crippen LogP contribution >= 0.6 is 0 Å². The van der Waals surface area contributed by atoms with Crippen LogP contribution < -0.4 is 15.1 Å². The number of rotatable bonds is 7. The van der Waals surface area contributed by atoms with Gasteiger partial charge in [-0.15, -0.1) is 0 Å². The molecule has 0 radical (unpaired) electrons. The van der Waals surface area contributed by atoms with Crippen molar-refractivity contribution >= 4 is 23.4 Å². The largest absolute Gasteiger partial charge is 0.461 e. The lowest BCUT2D eigenvalue weighted by Gasteiger charge is -2.28. The molecule has 2 saturated heterocycles. The number of benzene rings is 1. The smallest absolute Gasteiger partial charge is 0.410 e. The number of anilines is 2. The second kappa shape index (κ2) is 11.9. The molecular formula is C26H36N6O3. The van der Waals surface area contributed by atoms with E-state index in [-0.39, 0.29) is 12.1 Å². The van der Waals surface area contributed by atoms with Gasteiger partial charge < -0.3 is 19.3 Å². The minimum absolute atomic E-state index is 0.288. The summed E-state index contributed by atoms with van der Waals surface area (Å²) in [5.74, 6) is 1.44. The predicted molar refractivity (Wildman–Crippen MR) is 138 cm³/mol. The van der Waals surface area contributed by atoms with Gasteiger partial charge in [0, 0.05) is 24.7 Å². The normalized spacial score (nSPS) is 18.1. The van der Waals surface area contributed by atoms with Crippen LogP contribution in [0, 0.1) is 6.92 Å². The van der Waals surface area contributed by atoms with Gasteiger partial charge in [0.1, 0.15) is 19.0 Å². The van der Waals surface area contributed by atoms with Crippen LogP contribution in [0.3, 0.4) is 0 Å². The predicted octanol–water partition coefficient (Wildman–Crippen LogP) is 4.39. The van der Waals surface area contributed by atoms with Crippen molar-refractivity contribution in [2.45, 2.75) is 52.9 Å². The van der Waals surface area contributed by atoms with E-state index in [0.29, 0.717) is 32.1 Å². The summed E-state index contributed by atoms with van der Waals surface area (Å²) < 4.78 is 10.8. The highest BCUT2D eigenvalue weighted by molar-refractivity contribution is 6.04. The highest BCUT2D eigenvalue weighted by atomic mass is 16.6. The zero-order chi connectivity index (χ0) is 24.6. The van der Waals surface area contributed by atoms with Crippen LogP contribution in [-0.4, -0.2) is 66.1 Å². The third-order valence-electron chi connectivity index (χ3n) is 6.32. The molecule has 3 aliphatic rings. The Hall–Kier alpha value is -3.36. The molecule has 0 spiro atoms. The van der Waals surface area contributed by atoms with E-state index in [9.17, 15) is 4.79 Å². The maximum atomic E-state index is 11.6. The number of nitrogens with zero attached hydrogens (tertiary/aromatic N) is 5. The van der Waals surface area contributed by atoms with Crippen molar-refractivity contribution in [1.82, 2.24) is 14.9 Å². The number of piperidine rings is 1. The molecule has 9 heteroatoms. The van der Waals surface area contributed by atoms with Crippen molar-refractivity contribution in [2.24, 2.45) is 5.10 Å². The molecule has 2 fully saturated rings. The van der Waals surface area contributed by atoms with Gasteiger partial charge in [0.25, 0.3) is 0 Å². The number of carbonyl (C=O) groups excluding carboxylic acids is 1. The summed E-state index contributed by atoms with van der Waals surface area (Å²) in [6.45, 7) is 9.80. The van der Waals surface area contributed by atoms with E-state index in [0.717, 1.165) is 50.3 Å². The van der Waals surface area contributed by atoms with Gasteiger partial charge >= 0.3 is 12.1 Å². The summed E-state index contributed by atoms with van der Waals surface area (Å²) in [7, 11) is 0. The maximum absolute atomic E-state index is 11.6. The van der Waals surface area contributed by atoms with Crippen LogP contribution in [0.5, 0.6) is 6.01 Å². The number of hydrazone groups is 1. The average molecular weight is 481 g/mol.